The fourth-order valence-corrected chi connectivity index (χ4v) is 1.09. The van der Waals surface area contributed by atoms with E-state index >= 15 is 0 Å². The van der Waals surface area contributed by atoms with Crippen LogP contribution in [0.4, 0.5) is 11.4 Å². The fourth-order valence-electron chi connectivity index (χ4n) is 1.09. The Kier molecular flexibility index (Phi) is 3.52. The first kappa shape index (κ1) is 10.9. The minimum Gasteiger partial charge on any atom is -0.398 e. The number of nitrogen functional groups attached to an aromatic ring is 1. The van der Waals surface area contributed by atoms with E-state index in [4.69, 9.17) is 16.7 Å². The number of carbonyl (C=O) groups is 1. The smallest absolute Gasteiger partial charge is 0.219 e. The van der Waals surface area contributed by atoms with Crippen LogP contribution in [0, 0.1) is 11.3 Å². The van der Waals surface area contributed by atoms with Gasteiger partial charge in [0.1, 0.15) is 6.07 Å². The zero-order valence-corrected chi connectivity index (χ0v) is 8.16. The Morgan fingerprint density at radius 1 is 1.53 bits per heavy atom. The molecule has 15 heavy (non-hydrogen) atoms. The van der Waals surface area contributed by atoms with Gasteiger partial charge in [-0.3, -0.25) is 4.79 Å². The maximum absolute atomic E-state index is 10.5. The predicted octanol–water partition coefficient (Wildman–Crippen LogP) is 0.428. The monoisotopic (exact) mass is 204 g/mol. The predicted molar refractivity (Wildman–Crippen MR) is 57.9 cm³/mol. The highest BCUT2D eigenvalue weighted by Crippen LogP contribution is 2.16. The maximum Gasteiger partial charge on any atom is 0.219 e. The van der Waals surface area contributed by atoms with Crippen molar-refractivity contribution in [2.75, 3.05) is 17.6 Å². The first-order valence-electron chi connectivity index (χ1n) is 4.45. The molecule has 0 fully saturated rings. The van der Waals surface area contributed by atoms with Gasteiger partial charge in [-0.15, -0.1) is 0 Å². The molecule has 0 spiro atoms. The number of carbonyl (C=O) groups excluding carboxylic acids is 1. The number of amides is 1. The number of benzene rings is 1. The molecule has 0 aliphatic rings. The molecule has 1 amide bonds. The molecule has 1 aromatic rings. The largest absolute Gasteiger partial charge is 0.398 e. The summed E-state index contributed by atoms with van der Waals surface area (Å²) in [5.41, 5.74) is 12.1. The van der Waals surface area contributed by atoms with Gasteiger partial charge in [0.05, 0.1) is 5.56 Å². The standard InChI is InChI=1S/C10H12N4O/c11-6-7-5-8(1-2-9(7)12)14-4-3-10(13)15/h1-2,5,14H,3-4,12H2,(H2,13,15). The van der Waals surface area contributed by atoms with Crippen LogP contribution in [0.3, 0.4) is 0 Å². The van der Waals surface area contributed by atoms with Gasteiger partial charge in [-0.1, -0.05) is 0 Å². The number of nitrogens with zero attached hydrogens (tertiary/aromatic N) is 1. The van der Waals surface area contributed by atoms with E-state index in [0.717, 1.165) is 5.69 Å². The van der Waals surface area contributed by atoms with Gasteiger partial charge < -0.3 is 16.8 Å². The number of nitriles is 1. The van der Waals surface area contributed by atoms with Gasteiger partial charge in [-0.25, -0.2) is 0 Å². The van der Waals surface area contributed by atoms with Crippen molar-refractivity contribution in [3.05, 3.63) is 23.8 Å². The quantitative estimate of drug-likeness (QED) is 0.618. The summed E-state index contributed by atoms with van der Waals surface area (Å²) >= 11 is 0. The van der Waals surface area contributed by atoms with Gasteiger partial charge in [0.25, 0.3) is 0 Å². The van der Waals surface area contributed by atoms with Gasteiger partial charge in [0, 0.05) is 24.3 Å². The molecule has 78 valence electrons. The van der Waals surface area contributed by atoms with Gasteiger partial charge in [0.15, 0.2) is 0 Å². The lowest BCUT2D eigenvalue weighted by molar-refractivity contribution is -0.117. The number of rotatable bonds is 4. The molecule has 0 atom stereocenters. The minimum atomic E-state index is -0.363. The number of anilines is 2. The van der Waals surface area contributed by atoms with Crippen molar-refractivity contribution < 1.29 is 4.79 Å². The Morgan fingerprint density at radius 2 is 2.27 bits per heavy atom. The van der Waals surface area contributed by atoms with Crippen LogP contribution in [0.1, 0.15) is 12.0 Å². The maximum atomic E-state index is 10.5. The second kappa shape index (κ2) is 4.86. The second-order valence-corrected chi connectivity index (χ2v) is 3.06. The molecule has 0 aromatic heterocycles. The number of nitrogens with one attached hydrogen (secondary N) is 1. The topological polar surface area (TPSA) is 105 Å². The van der Waals surface area contributed by atoms with Gasteiger partial charge >= 0.3 is 0 Å². The molecular weight excluding hydrogens is 192 g/mol. The van der Waals surface area contributed by atoms with E-state index in [2.05, 4.69) is 5.32 Å². The van der Waals surface area contributed by atoms with Crippen molar-refractivity contribution in [2.24, 2.45) is 5.73 Å². The molecule has 0 heterocycles. The Bertz CT molecular complexity index is 408. The van der Waals surface area contributed by atoms with Crippen LogP contribution < -0.4 is 16.8 Å². The first-order valence-corrected chi connectivity index (χ1v) is 4.45. The molecule has 1 aromatic carbocycles. The Morgan fingerprint density at radius 3 is 2.87 bits per heavy atom. The van der Waals surface area contributed by atoms with Crippen LogP contribution in [0.2, 0.25) is 0 Å². The second-order valence-electron chi connectivity index (χ2n) is 3.06. The average Bonchev–Trinajstić information content (AvgIpc) is 2.20. The summed E-state index contributed by atoms with van der Waals surface area (Å²) < 4.78 is 0. The number of hydrogen-bond donors (Lipinski definition) is 3. The number of nitrogens with two attached hydrogens (primary N) is 2. The highest BCUT2D eigenvalue weighted by Gasteiger charge is 2.00. The van der Waals surface area contributed by atoms with E-state index in [9.17, 15) is 4.79 Å². The van der Waals surface area contributed by atoms with Crippen molar-refractivity contribution in [3.63, 3.8) is 0 Å². The lowest BCUT2D eigenvalue weighted by Crippen LogP contribution is -2.15. The zero-order chi connectivity index (χ0) is 11.3. The lowest BCUT2D eigenvalue weighted by Gasteiger charge is -2.06. The van der Waals surface area contributed by atoms with E-state index in [-0.39, 0.29) is 12.3 Å². The Balaban J connectivity index is 2.63. The zero-order valence-electron chi connectivity index (χ0n) is 8.16. The molecule has 0 aliphatic carbocycles. The van der Waals surface area contributed by atoms with E-state index in [1.54, 1.807) is 18.2 Å². The molecular formula is C10H12N4O. The summed E-state index contributed by atoms with van der Waals surface area (Å²) in [4.78, 5) is 10.5. The van der Waals surface area contributed by atoms with Crippen molar-refractivity contribution in [2.45, 2.75) is 6.42 Å². The lowest BCUT2D eigenvalue weighted by atomic mass is 10.2. The summed E-state index contributed by atoms with van der Waals surface area (Å²) in [6, 6.07) is 7.00. The average molecular weight is 204 g/mol. The van der Waals surface area contributed by atoms with Crippen molar-refractivity contribution >= 4 is 17.3 Å². The molecule has 5 heteroatoms. The highest BCUT2D eigenvalue weighted by atomic mass is 16.1. The first-order chi connectivity index (χ1) is 7.13. The molecule has 5 nitrogen and oxygen atoms in total. The Hall–Kier alpha value is -2.22. The third-order valence-electron chi connectivity index (χ3n) is 1.87. The number of hydrogen-bond acceptors (Lipinski definition) is 4. The molecule has 0 unspecified atom stereocenters. The third kappa shape index (κ3) is 3.19. The SMILES string of the molecule is N#Cc1cc(NCCC(N)=O)ccc1N. The summed E-state index contributed by atoms with van der Waals surface area (Å²) in [6.07, 6.45) is 0.256. The summed E-state index contributed by atoms with van der Waals surface area (Å²) in [5, 5.41) is 11.7. The summed E-state index contributed by atoms with van der Waals surface area (Å²) in [5.74, 6) is -0.363. The molecule has 5 N–H and O–H groups in total. The van der Waals surface area contributed by atoms with E-state index in [0.29, 0.717) is 17.8 Å². The fraction of sp³-hybridized carbons (Fsp3) is 0.200. The van der Waals surface area contributed by atoms with Crippen molar-refractivity contribution in [1.29, 1.82) is 5.26 Å². The van der Waals surface area contributed by atoms with Crippen molar-refractivity contribution in [3.8, 4) is 6.07 Å². The van der Waals surface area contributed by atoms with Crippen LogP contribution in [0.15, 0.2) is 18.2 Å². The normalized spacial score (nSPS) is 9.27. The third-order valence-corrected chi connectivity index (χ3v) is 1.87. The van der Waals surface area contributed by atoms with Crippen LogP contribution in [0.25, 0.3) is 0 Å². The van der Waals surface area contributed by atoms with Crippen LogP contribution in [0.5, 0.6) is 0 Å². The van der Waals surface area contributed by atoms with Crippen molar-refractivity contribution in [1.82, 2.24) is 0 Å². The van der Waals surface area contributed by atoms with Crippen LogP contribution in [-0.4, -0.2) is 12.5 Å². The number of primary amides is 1. The minimum absolute atomic E-state index is 0.256. The summed E-state index contributed by atoms with van der Waals surface area (Å²) in [6.45, 7) is 0.449. The van der Waals surface area contributed by atoms with Gasteiger partial charge in [-0.05, 0) is 18.2 Å². The van der Waals surface area contributed by atoms with E-state index in [1.165, 1.54) is 0 Å². The van der Waals surface area contributed by atoms with Crippen LogP contribution in [-0.2, 0) is 4.79 Å². The Labute approximate surface area is 87.7 Å². The highest BCUT2D eigenvalue weighted by molar-refractivity contribution is 5.74. The summed E-state index contributed by atoms with van der Waals surface area (Å²) in [7, 11) is 0. The molecule has 1 rings (SSSR count). The molecule has 0 saturated heterocycles. The molecule has 0 radical (unpaired) electrons. The molecule has 0 aliphatic heterocycles. The van der Waals surface area contributed by atoms with Gasteiger partial charge in [-0.2, -0.15) is 5.26 Å². The van der Waals surface area contributed by atoms with Gasteiger partial charge in [0.2, 0.25) is 5.91 Å². The van der Waals surface area contributed by atoms with E-state index < -0.39 is 0 Å². The molecule has 0 bridgehead atoms. The van der Waals surface area contributed by atoms with E-state index in [1.807, 2.05) is 6.07 Å². The molecule has 0 saturated carbocycles. The van der Waals surface area contributed by atoms with Crippen LogP contribution >= 0.6 is 0 Å².